The fourth-order valence-corrected chi connectivity index (χ4v) is 1.74. The van der Waals surface area contributed by atoms with E-state index in [4.69, 9.17) is 0 Å². The van der Waals surface area contributed by atoms with E-state index in [1.807, 2.05) is 32.3 Å². The van der Waals surface area contributed by atoms with E-state index >= 15 is 0 Å². The van der Waals surface area contributed by atoms with Crippen molar-refractivity contribution in [2.75, 3.05) is 21.1 Å². The predicted molar refractivity (Wildman–Crippen MR) is 75.1 cm³/mol. The molecule has 0 aliphatic rings. The molecule has 0 fully saturated rings. The second-order valence-electron chi connectivity index (χ2n) is 4.39. The number of nitrogens with one attached hydrogen (secondary N) is 1. The summed E-state index contributed by atoms with van der Waals surface area (Å²) in [5.41, 5.74) is 3.08. The van der Waals surface area contributed by atoms with Gasteiger partial charge < -0.3 is 4.90 Å². The lowest BCUT2D eigenvalue weighted by molar-refractivity contribution is 0.0973. The number of amides is 1. The average Bonchev–Trinajstić information content (AvgIpc) is 2.35. The van der Waals surface area contributed by atoms with Gasteiger partial charge in [-0.05, 0) is 36.6 Å². The van der Waals surface area contributed by atoms with Crippen LogP contribution in [-0.2, 0) is 6.42 Å². The van der Waals surface area contributed by atoms with Crippen LogP contribution in [0.15, 0.2) is 23.2 Å². The minimum Gasteiger partial charge on any atom is -0.349 e. The van der Waals surface area contributed by atoms with Gasteiger partial charge in [-0.25, -0.2) is 0 Å². The monoisotopic (exact) mass is 247 g/mol. The van der Waals surface area contributed by atoms with Gasteiger partial charge in [-0.1, -0.05) is 13.0 Å². The number of hydrogen-bond donors (Lipinski definition) is 1. The van der Waals surface area contributed by atoms with Gasteiger partial charge in [0.05, 0.1) is 0 Å². The first-order chi connectivity index (χ1) is 8.49. The molecular formula is C14H21N3O. The molecule has 0 aliphatic heterocycles. The molecule has 0 spiro atoms. The first kappa shape index (κ1) is 14.2. The van der Waals surface area contributed by atoms with Crippen molar-refractivity contribution in [1.29, 1.82) is 0 Å². The Morgan fingerprint density at radius 2 is 2.06 bits per heavy atom. The maximum atomic E-state index is 12.1. The van der Waals surface area contributed by atoms with E-state index in [0.717, 1.165) is 6.42 Å². The SMILES string of the molecule is CCc1cc(C(=O)NC(=NC)N(C)C)ccc1C. The number of carbonyl (C=O) groups is 1. The lowest BCUT2D eigenvalue weighted by atomic mass is 10.0. The van der Waals surface area contributed by atoms with Gasteiger partial charge in [-0.3, -0.25) is 15.1 Å². The molecule has 98 valence electrons. The smallest absolute Gasteiger partial charge is 0.257 e. The molecule has 0 radical (unpaired) electrons. The molecule has 0 aromatic heterocycles. The van der Waals surface area contributed by atoms with Gasteiger partial charge in [0.25, 0.3) is 5.91 Å². The standard InChI is InChI=1S/C14H21N3O/c1-6-11-9-12(8-7-10(11)2)13(18)16-14(15-3)17(4)5/h7-9H,6H2,1-5H3,(H,15,16,18). The number of guanidine groups is 1. The molecule has 4 heteroatoms. The van der Waals surface area contributed by atoms with Crippen molar-refractivity contribution >= 4 is 11.9 Å². The van der Waals surface area contributed by atoms with E-state index in [1.54, 1.807) is 11.9 Å². The Hall–Kier alpha value is -1.84. The summed E-state index contributed by atoms with van der Waals surface area (Å²) in [7, 11) is 5.34. The van der Waals surface area contributed by atoms with Crippen LogP contribution in [0.1, 0.15) is 28.4 Å². The fraction of sp³-hybridized carbons (Fsp3) is 0.429. The van der Waals surface area contributed by atoms with Gasteiger partial charge in [0.15, 0.2) is 5.96 Å². The van der Waals surface area contributed by atoms with Crippen LogP contribution in [0.2, 0.25) is 0 Å². The summed E-state index contributed by atoms with van der Waals surface area (Å²) >= 11 is 0. The lowest BCUT2D eigenvalue weighted by Crippen LogP contribution is -2.40. The van der Waals surface area contributed by atoms with Gasteiger partial charge in [0.2, 0.25) is 0 Å². The molecule has 0 aliphatic carbocycles. The Morgan fingerprint density at radius 3 is 2.56 bits per heavy atom. The van der Waals surface area contributed by atoms with Gasteiger partial charge in [-0.2, -0.15) is 0 Å². The molecule has 0 saturated heterocycles. The average molecular weight is 247 g/mol. The first-order valence-corrected chi connectivity index (χ1v) is 6.04. The topological polar surface area (TPSA) is 44.7 Å². The second-order valence-corrected chi connectivity index (χ2v) is 4.39. The zero-order valence-corrected chi connectivity index (χ0v) is 11.7. The van der Waals surface area contributed by atoms with E-state index in [0.29, 0.717) is 11.5 Å². The normalized spacial score (nSPS) is 11.3. The van der Waals surface area contributed by atoms with Crippen molar-refractivity contribution in [1.82, 2.24) is 10.2 Å². The number of benzene rings is 1. The molecule has 1 N–H and O–H groups in total. The molecule has 0 unspecified atom stereocenters. The maximum absolute atomic E-state index is 12.1. The van der Waals surface area contributed by atoms with Gasteiger partial charge in [0.1, 0.15) is 0 Å². The van der Waals surface area contributed by atoms with Crippen LogP contribution in [0.4, 0.5) is 0 Å². The van der Waals surface area contributed by atoms with E-state index in [2.05, 4.69) is 24.2 Å². The van der Waals surface area contributed by atoms with E-state index in [1.165, 1.54) is 11.1 Å². The highest BCUT2D eigenvalue weighted by atomic mass is 16.1. The van der Waals surface area contributed by atoms with Crippen LogP contribution >= 0.6 is 0 Å². The van der Waals surface area contributed by atoms with E-state index in [-0.39, 0.29) is 5.91 Å². The Morgan fingerprint density at radius 1 is 1.39 bits per heavy atom. The van der Waals surface area contributed by atoms with Gasteiger partial charge in [0, 0.05) is 26.7 Å². The highest BCUT2D eigenvalue weighted by Crippen LogP contribution is 2.11. The number of hydrogen-bond acceptors (Lipinski definition) is 2. The Bertz CT molecular complexity index is 464. The minimum absolute atomic E-state index is 0.126. The number of carbonyl (C=O) groups excluding carboxylic acids is 1. The first-order valence-electron chi connectivity index (χ1n) is 6.04. The summed E-state index contributed by atoms with van der Waals surface area (Å²) < 4.78 is 0. The fourth-order valence-electron chi connectivity index (χ4n) is 1.74. The van der Waals surface area contributed by atoms with Crippen molar-refractivity contribution in [3.63, 3.8) is 0 Å². The molecule has 18 heavy (non-hydrogen) atoms. The molecule has 1 rings (SSSR count). The Balaban J connectivity index is 2.91. The van der Waals surface area contributed by atoms with E-state index < -0.39 is 0 Å². The summed E-state index contributed by atoms with van der Waals surface area (Å²) in [5, 5.41) is 2.79. The van der Waals surface area contributed by atoms with Crippen LogP contribution in [0, 0.1) is 6.92 Å². The molecule has 0 bridgehead atoms. The minimum atomic E-state index is -0.126. The Labute approximate surface area is 109 Å². The lowest BCUT2D eigenvalue weighted by Gasteiger charge is -2.16. The zero-order chi connectivity index (χ0) is 13.7. The molecule has 1 aromatic rings. The van der Waals surface area contributed by atoms with Crippen LogP contribution in [-0.4, -0.2) is 37.9 Å². The van der Waals surface area contributed by atoms with Crippen LogP contribution in [0.25, 0.3) is 0 Å². The van der Waals surface area contributed by atoms with Crippen molar-refractivity contribution in [2.45, 2.75) is 20.3 Å². The number of nitrogens with zero attached hydrogens (tertiary/aromatic N) is 2. The summed E-state index contributed by atoms with van der Waals surface area (Å²) in [6.07, 6.45) is 0.926. The van der Waals surface area contributed by atoms with Crippen molar-refractivity contribution < 1.29 is 4.79 Å². The highest BCUT2D eigenvalue weighted by Gasteiger charge is 2.10. The molecule has 4 nitrogen and oxygen atoms in total. The van der Waals surface area contributed by atoms with Crippen LogP contribution in [0.5, 0.6) is 0 Å². The van der Waals surface area contributed by atoms with Crippen LogP contribution < -0.4 is 5.32 Å². The second kappa shape index (κ2) is 6.19. The third-order valence-electron chi connectivity index (χ3n) is 2.85. The largest absolute Gasteiger partial charge is 0.349 e. The summed E-state index contributed by atoms with van der Waals surface area (Å²) in [4.78, 5) is 17.9. The summed E-state index contributed by atoms with van der Waals surface area (Å²) in [6, 6.07) is 5.76. The van der Waals surface area contributed by atoms with Gasteiger partial charge >= 0.3 is 0 Å². The quantitative estimate of drug-likeness (QED) is 0.640. The van der Waals surface area contributed by atoms with Crippen molar-refractivity contribution in [2.24, 2.45) is 4.99 Å². The highest BCUT2D eigenvalue weighted by molar-refractivity contribution is 6.05. The third-order valence-corrected chi connectivity index (χ3v) is 2.85. The maximum Gasteiger partial charge on any atom is 0.257 e. The molecule has 0 heterocycles. The Kier molecular flexibility index (Phi) is 4.89. The number of aryl methyl sites for hydroxylation is 2. The summed E-state index contributed by atoms with van der Waals surface area (Å²) in [6.45, 7) is 4.14. The third kappa shape index (κ3) is 3.32. The van der Waals surface area contributed by atoms with Gasteiger partial charge in [-0.15, -0.1) is 0 Å². The molecule has 1 amide bonds. The number of rotatable bonds is 2. The molecule has 1 aromatic carbocycles. The molecule has 0 atom stereocenters. The predicted octanol–water partition coefficient (Wildman–Crippen LogP) is 1.83. The van der Waals surface area contributed by atoms with Crippen molar-refractivity contribution in [3.05, 3.63) is 34.9 Å². The summed E-state index contributed by atoms with van der Waals surface area (Å²) in [5.74, 6) is 0.428. The molecular weight excluding hydrogens is 226 g/mol. The number of aliphatic imine (C=N–C) groups is 1. The zero-order valence-electron chi connectivity index (χ0n) is 11.7. The van der Waals surface area contributed by atoms with E-state index in [9.17, 15) is 4.79 Å². The van der Waals surface area contributed by atoms with Crippen LogP contribution in [0.3, 0.4) is 0 Å². The molecule has 0 saturated carbocycles. The van der Waals surface area contributed by atoms with Crippen molar-refractivity contribution in [3.8, 4) is 0 Å².